The highest BCUT2D eigenvalue weighted by molar-refractivity contribution is 5.94. The molecule has 26 heavy (non-hydrogen) atoms. The van der Waals surface area contributed by atoms with Crippen LogP contribution in [0.3, 0.4) is 0 Å². The largest absolute Gasteiger partial charge is 0.368 e. The molecule has 0 aromatic heterocycles. The molecule has 1 aromatic carbocycles. The minimum atomic E-state index is -0.345. The number of carbonyl (C=O) groups excluding carboxylic acids is 2. The Labute approximate surface area is 161 Å². The number of hydrogen-bond donors (Lipinski definition) is 3. The molecule has 1 fully saturated rings. The molecule has 2 rings (SSSR count). The van der Waals surface area contributed by atoms with Gasteiger partial charge in [-0.3, -0.25) is 9.59 Å². The van der Waals surface area contributed by atoms with Gasteiger partial charge in [0.05, 0.1) is 0 Å². The first kappa shape index (κ1) is 22.4. The van der Waals surface area contributed by atoms with E-state index in [0.717, 1.165) is 49.8 Å². The van der Waals surface area contributed by atoms with Gasteiger partial charge in [0.25, 0.3) is 5.91 Å². The van der Waals surface area contributed by atoms with Gasteiger partial charge in [-0.05, 0) is 49.9 Å². The predicted molar refractivity (Wildman–Crippen MR) is 105 cm³/mol. The molecule has 1 heterocycles. The molecule has 0 radical (unpaired) electrons. The maximum Gasteiger partial charge on any atom is 0.253 e. The fraction of sp³-hybridized carbons (Fsp3) is 0.579. The van der Waals surface area contributed by atoms with Crippen molar-refractivity contribution in [3.05, 3.63) is 29.8 Å². The zero-order valence-corrected chi connectivity index (χ0v) is 16.0. The van der Waals surface area contributed by atoms with E-state index in [2.05, 4.69) is 10.6 Å². The molecular formula is C19H30ClN3O3. The van der Waals surface area contributed by atoms with Crippen LogP contribution in [0.1, 0.15) is 50.5 Å². The molecule has 0 saturated carbocycles. The average molecular weight is 384 g/mol. The van der Waals surface area contributed by atoms with E-state index in [9.17, 15) is 9.59 Å². The van der Waals surface area contributed by atoms with Crippen LogP contribution in [0.4, 0.5) is 5.69 Å². The molecule has 1 aliphatic rings. The summed E-state index contributed by atoms with van der Waals surface area (Å²) in [6.45, 7) is 1.83. The fourth-order valence-electron chi connectivity index (χ4n) is 2.84. The van der Waals surface area contributed by atoms with Crippen LogP contribution in [-0.4, -0.2) is 31.1 Å². The number of halogens is 1. The maximum absolute atomic E-state index is 12.1. The summed E-state index contributed by atoms with van der Waals surface area (Å²) in [5.74, 6) is -0.0438. The molecule has 0 aliphatic carbocycles. The Kier molecular flexibility index (Phi) is 10.9. The lowest BCUT2D eigenvalue weighted by Gasteiger charge is -2.12. The molecule has 0 bridgehead atoms. The Morgan fingerprint density at radius 3 is 2.73 bits per heavy atom. The molecule has 6 nitrogen and oxygen atoms in total. The second-order valence-corrected chi connectivity index (χ2v) is 6.42. The molecular weight excluding hydrogens is 354 g/mol. The maximum atomic E-state index is 12.1. The lowest BCUT2D eigenvalue weighted by molar-refractivity contribution is -0.124. The molecule has 1 unspecified atom stereocenters. The van der Waals surface area contributed by atoms with Crippen molar-refractivity contribution in [2.75, 3.05) is 18.5 Å². The number of unbranched alkanes of at least 4 members (excludes halogenated alkanes) is 3. The van der Waals surface area contributed by atoms with Crippen LogP contribution in [0.5, 0.6) is 0 Å². The van der Waals surface area contributed by atoms with E-state index in [4.69, 9.17) is 10.5 Å². The Morgan fingerprint density at radius 1 is 1.19 bits per heavy atom. The van der Waals surface area contributed by atoms with Crippen LogP contribution in [0, 0.1) is 0 Å². The molecule has 1 atom stereocenters. The van der Waals surface area contributed by atoms with Crippen LogP contribution in [0.25, 0.3) is 0 Å². The Balaban J connectivity index is 0.00000338. The van der Waals surface area contributed by atoms with Gasteiger partial charge in [0, 0.05) is 25.3 Å². The van der Waals surface area contributed by atoms with Crippen LogP contribution < -0.4 is 16.4 Å². The summed E-state index contributed by atoms with van der Waals surface area (Å²) in [4.78, 5) is 23.9. The first-order valence-electron chi connectivity index (χ1n) is 9.17. The molecule has 0 spiro atoms. The molecule has 4 N–H and O–H groups in total. The van der Waals surface area contributed by atoms with Crippen molar-refractivity contribution in [2.24, 2.45) is 5.73 Å². The van der Waals surface area contributed by atoms with Crippen LogP contribution >= 0.6 is 12.4 Å². The summed E-state index contributed by atoms with van der Waals surface area (Å²) in [7, 11) is 0. The van der Waals surface area contributed by atoms with Crippen LogP contribution in [-0.2, 0) is 20.9 Å². The number of rotatable bonds is 10. The number of hydrogen-bond acceptors (Lipinski definition) is 4. The quantitative estimate of drug-likeness (QED) is 0.541. The third kappa shape index (κ3) is 8.17. The van der Waals surface area contributed by atoms with Gasteiger partial charge >= 0.3 is 0 Å². The predicted octanol–water partition coefficient (Wildman–Crippen LogP) is 2.75. The number of benzene rings is 1. The first-order chi connectivity index (χ1) is 12.2. The van der Waals surface area contributed by atoms with Gasteiger partial charge in [0.15, 0.2) is 0 Å². The summed E-state index contributed by atoms with van der Waals surface area (Å²) in [6, 6.07) is 7.53. The lowest BCUT2D eigenvalue weighted by atomic mass is 10.1. The highest BCUT2D eigenvalue weighted by Gasteiger charge is 2.23. The molecule has 1 aliphatic heterocycles. The van der Waals surface area contributed by atoms with Gasteiger partial charge in [-0.1, -0.05) is 25.0 Å². The van der Waals surface area contributed by atoms with Gasteiger partial charge in [0.2, 0.25) is 5.91 Å². The summed E-state index contributed by atoms with van der Waals surface area (Å²) in [6.07, 6.45) is 5.92. The van der Waals surface area contributed by atoms with Crippen molar-refractivity contribution in [1.29, 1.82) is 0 Å². The van der Waals surface area contributed by atoms with E-state index in [1.165, 1.54) is 0 Å². The number of nitrogens with two attached hydrogens (primary N) is 1. The highest BCUT2D eigenvalue weighted by atomic mass is 35.5. The number of carbonyl (C=O) groups is 2. The van der Waals surface area contributed by atoms with Crippen LogP contribution in [0.2, 0.25) is 0 Å². The monoisotopic (exact) mass is 383 g/mol. The molecule has 1 saturated heterocycles. The second-order valence-electron chi connectivity index (χ2n) is 6.42. The minimum absolute atomic E-state index is 0. The van der Waals surface area contributed by atoms with E-state index in [0.29, 0.717) is 26.1 Å². The Morgan fingerprint density at radius 2 is 2.00 bits per heavy atom. The number of anilines is 1. The molecule has 7 heteroatoms. The van der Waals surface area contributed by atoms with Crippen molar-refractivity contribution >= 4 is 29.9 Å². The zero-order chi connectivity index (χ0) is 17.9. The van der Waals surface area contributed by atoms with E-state index in [1.807, 2.05) is 24.3 Å². The first-order valence-corrected chi connectivity index (χ1v) is 9.17. The number of ether oxygens (including phenoxy) is 1. The van der Waals surface area contributed by atoms with Crippen molar-refractivity contribution in [3.63, 3.8) is 0 Å². The van der Waals surface area contributed by atoms with Crippen molar-refractivity contribution in [3.8, 4) is 0 Å². The fourth-order valence-corrected chi connectivity index (χ4v) is 2.84. The number of amides is 2. The Hall–Kier alpha value is -1.63. The third-order valence-corrected chi connectivity index (χ3v) is 4.26. The van der Waals surface area contributed by atoms with Crippen molar-refractivity contribution < 1.29 is 14.3 Å². The van der Waals surface area contributed by atoms with Gasteiger partial charge in [-0.15, -0.1) is 12.4 Å². The van der Waals surface area contributed by atoms with Gasteiger partial charge in [0.1, 0.15) is 6.10 Å². The summed E-state index contributed by atoms with van der Waals surface area (Å²) in [5, 5.41) is 5.80. The molecule has 146 valence electrons. The normalized spacial score (nSPS) is 16.0. The second kappa shape index (κ2) is 12.7. The molecule has 1 aromatic rings. The minimum Gasteiger partial charge on any atom is -0.368 e. The topological polar surface area (TPSA) is 93.5 Å². The van der Waals surface area contributed by atoms with Crippen molar-refractivity contribution in [2.45, 2.75) is 57.6 Å². The summed E-state index contributed by atoms with van der Waals surface area (Å²) >= 11 is 0. The van der Waals surface area contributed by atoms with E-state index in [1.54, 1.807) is 0 Å². The molecule has 2 amide bonds. The van der Waals surface area contributed by atoms with Gasteiger partial charge < -0.3 is 21.1 Å². The summed E-state index contributed by atoms with van der Waals surface area (Å²) in [5.41, 5.74) is 7.14. The van der Waals surface area contributed by atoms with Crippen molar-refractivity contribution in [1.82, 2.24) is 5.32 Å². The number of nitrogens with one attached hydrogen (secondary N) is 2. The average Bonchev–Trinajstić information content (AvgIpc) is 3.15. The lowest BCUT2D eigenvalue weighted by Crippen LogP contribution is -2.27. The van der Waals surface area contributed by atoms with E-state index >= 15 is 0 Å². The smallest absolute Gasteiger partial charge is 0.253 e. The Bertz CT molecular complexity index is 563. The SMILES string of the molecule is Cl.NCCCCCCC(=O)NCc1cccc(NC(=O)C2CCCO2)c1. The standard InChI is InChI=1S/C19H29N3O3.ClH/c20-11-4-2-1-3-10-18(23)21-14-15-7-5-8-16(13-15)22-19(24)17-9-6-12-25-17;/h5,7-8,13,17H,1-4,6,9-12,14,20H2,(H,21,23)(H,22,24);1H. The van der Waals surface area contributed by atoms with E-state index < -0.39 is 0 Å². The highest BCUT2D eigenvalue weighted by Crippen LogP contribution is 2.16. The van der Waals surface area contributed by atoms with Crippen LogP contribution in [0.15, 0.2) is 24.3 Å². The zero-order valence-electron chi connectivity index (χ0n) is 15.2. The van der Waals surface area contributed by atoms with Gasteiger partial charge in [-0.25, -0.2) is 0 Å². The summed E-state index contributed by atoms with van der Waals surface area (Å²) < 4.78 is 5.38. The van der Waals surface area contributed by atoms with Gasteiger partial charge in [-0.2, -0.15) is 0 Å². The van der Waals surface area contributed by atoms with E-state index in [-0.39, 0.29) is 30.3 Å². The third-order valence-electron chi connectivity index (χ3n) is 4.26.